The van der Waals surface area contributed by atoms with Crippen molar-refractivity contribution in [1.82, 2.24) is 0 Å². The Morgan fingerprint density at radius 2 is 0.512 bits per heavy atom. The van der Waals surface area contributed by atoms with E-state index < -0.39 is 7.82 Å². The fraction of sp³-hybridized carbons (Fsp3) is 1.00. The molecule has 0 saturated heterocycles. The lowest BCUT2D eigenvalue weighted by atomic mass is 10.0. The van der Waals surface area contributed by atoms with Crippen LogP contribution in [0.3, 0.4) is 0 Å². The Morgan fingerprint density at radius 3 is 0.683 bits per heavy atom. The van der Waals surface area contributed by atoms with Crippen LogP contribution in [0.2, 0.25) is 0 Å². The minimum atomic E-state index is -4.27. The van der Waals surface area contributed by atoms with E-state index in [-0.39, 0.29) is 6.61 Å². The van der Waals surface area contributed by atoms with Crippen molar-refractivity contribution in [3.63, 3.8) is 0 Å². The van der Waals surface area contributed by atoms with Crippen LogP contribution in [-0.2, 0) is 9.09 Å². The molecule has 0 aromatic heterocycles. The van der Waals surface area contributed by atoms with Crippen LogP contribution in [0.5, 0.6) is 0 Å². The molecule has 0 unspecified atom stereocenters. The highest BCUT2D eigenvalue weighted by atomic mass is 31.2. The molecular formula is C36H75O4P. The molecule has 0 amide bonds. The molecule has 0 aromatic carbocycles. The van der Waals surface area contributed by atoms with Crippen molar-refractivity contribution in [2.45, 2.75) is 225 Å². The number of hydrogen-bond donors (Lipinski definition) is 2. The van der Waals surface area contributed by atoms with Crippen molar-refractivity contribution >= 4 is 7.82 Å². The van der Waals surface area contributed by atoms with Crippen molar-refractivity contribution < 1.29 is 18.9 Å². The molecule has 248 valence electrons. The second-order valence-corrected chi connectivity index (χ2v) is 14.2. The van der Waals surface area contributed by atoms with Crippen LogP contribution in [0, 0.1) is 0 Å². The van der Waals surface area contributed by atoms with Gasteiger partial charge in [-0.2, -0.15) is 0 Å². The van der Waals surface area contributed by atoms with Crippen LogP contribution in [0.1, 0.15) is 225 Å². The molecule has 0 heterocycles. The summed E-state index contributed by atoms with van der Waals surface area (Å²) in [4.78, 5) is 17.3. The number of unbranched alkanes of at least 4 members (excludes halogenated alkanes) is 33. The molecule has 2 N–H and O–H groups in total. The predicted octanol–water partition coefficient (Wildman–Crippen LogP) is 13.4. The second-order valence-electron chi connectivity index (χ2n) is 13.0. The monoisotopic (exact) mass is 603 g/mol. The van der Waals surface area contributed by atoms with Gasteiger partial charge < -0.3 is 9.79 Å². The quantitative estimate of drug-likeness (QED) is 0.0553. The lowest BCUT2D eigenvalue weighted by Crippen LogP contribution is -1.92. The number of hydrogen-bond acceptors (Lipinski definition) is 2. The first-order valence-electron chi connectivity index (χ1n) is 18.8. The van der Waals surface area contributed by atoms with Gasteiger partial charge in [0.15, 0.2) is 0 Å². The number of rotatable bonds is 36. The van der Waals surface area contributed by atoms with Gasteiger partial charge in [-0.1, -0.05) is 219 Å². The predicted molar refractivity (Wildman–Crippen MR) is 181 cm³/mol. The van der Waals surface area contributed by atoms with E-state index in [0.29, 0.717) is 0 Å². The molecule has 0 bridgehead atoms. The third-order valence-electron chi connectivity index (χ3n) is 8.76. The van der Waals surface area contributed by atoms with Crippen molar-refractivity contribution in [2.75, 3.05) is 6.61 Å². The van der Waals surface area contributed by atoms with Crippen molar-refractivity contribution in [3.8, 4) is 0 Å². The van der Waals surface area contributed by atoms with E-state index in [1.165, 1.54) is 199 Å². The summed E-state index contributed by atoms with van der Waals surface area (Å²) in [5.41, 5.74) is 0. The summed E-state index contributed by atoms with van der Waals surface area (Å²) in [6.07, 6.45) is 47.3. The minimum Gasteiger partial charge on any atom is -0.303 e. The first-order valence-corrected chi connectivity index (χ1v) is 20.3. The fourth-order valence-electron chi connectivity index (χ4n) is 6.02. The summed E-state index contributed by atoms with van der Waals surface area (Å²) in [5, 5.41) is 0. The standard InChI is InChI=1S/C36H75O4P/c1-2-3-4-5-6-7-8-9-10-11-12-13-14-15-16-17-18-19-20-21-22-23-24-25-26-27-28-29-30-31-32-33-34-35-36-40-41(37,38)39/h2-36H2,1H3,(H2,37,38,39). The summed E-state index contributed by atoms with van der Waals surface area (Å²) in [6, 6.07) is 0. The third-order valence-corrected chi connectivity index (χ3v) is 9.28. The van der Waals surface area contributed by atoms with Crippen LogP contribution >= 0.6 is 7.82 Å². The average molecular weight is 603 g/mol. The van der Waals surface area contributed by atoms with Crippen LogP contribution in [0.25, 0.3) is 0 Å². The first-order chi connectivity index (χ1) is 20.1. The van der Waals surface area contributed by atoms with E-state index >= 15 is 0 Å². The van der Waals surface area contributed by atoms with Crippen molar-refractivity contribution in [1.29, 1.82) is 0 Å². The molecule has 0 rings (SSSR count). The van der Waals surface area contributed by atoms with E-state index in [2.05, 4.69) is 11.4 Å². The minimum absolute atomic E-state index is 0.171. The van der Waals surface area contributed by atoms with E-state index in [4.69, 9.17) is 9.79 Å². The van der Waals surface area contributed by atoms with Gasteiger partial charge in [-0.15, -0.1) is 0 Å². The summed E-state index contributed by atoms with van der Waals surface area (Å²) in [5.74, 6) is 0. The molecule has 0 radical (unpaired) electrons. The Bertz CT molecular complexity index is 522. The maximum atomic E-state index is 10.6. The maximum absolute atomic E-state index is 10.6. The zero-order chi connectivity index (χ0) is 30.0. The van der Waals surface area contributed by atoms with Gasteiger partial charge in [-0.05, 0) is 6.42 Å². The molecule has 0 atom stereocenters. The van der Waals surface area contributed by atoms with Crippen LogP contribution in [0.4, 0.5) is 0 Å². The number of phosphoric acid groups is 1. The zero-order valence-electron chi connectivity index (χ0n) is 27.9. The van der Waals surface area contributed by atoms with Gasteiger partial charge in [0.25, 0.3) is 0 Å². The fourth-order valence-corrected chi connectivity index (χ4v) is 6.38. The Kier molecular flexibility index (Phi) is 34.7. The summed E-state index contributed by atoms with van der Waals surface area (Å²) in [7, 11) is -4.27. The van der Waals surface area contributed by atoms with Crippen LogP contribution in [-0.4, -0.2) is 16.4 Å². The molecule has 0 aliphatic carbocycles. The molecular weight excluding hydrogens is 527 g/mol. The SMILES string of the molecule is CCCCCCCCCCCCCCCCCCCCCCCCCCCCCCCCCCCCOP(=O)(O)O. The van der Waals surface area contributed by atoms with Gasteiger partial charge in [0, 0.05) is 0 Å². The molecule has 0 aliphatic heterocycles. The van der Waals surface area contributed by atoms with E-state index in [1.807, 2.05) is 0 Å². The molecule has 0 saturated carbocycles. The molecule has 0 aromatic rings. The van der Waals surface area contributed by atoms with Gasteiger partial charge >= 0.3 is 7.82 Å². The lowest BCUT2D eigenvalue weighted by Gasteiger charge is -2.05. The Balaban J connectivity index is 3.05. The molecule has 41 heavy (non-hydrogen) atoms. The number of phosphoric ester groups is 1. The van der Waals surface area contributed by atoms with Gasteiger partial charge in [0.05, 0.1) is 6.61 Å². The van der Waals surface area contributed by atoms with Crippen LogP contribution in [0.15, 0.2) is 0 Å². The molecule has 0 spiro atoms. The zero-order valence-corrected chi connectivity index (χ0v) is 28.8. The Morgan fingerprint density at radius 1 is 0.341 bits per heavy atom. The van der Waals surface area contributed by atoms with E-state index in [9.17, 15) is 4.57 Å². The van der Waals surface area contributed by atoms with Gasteiger partial charge in [-0.25, -0.2) is 4.57 Å². The Hall–Kier alpha value is 0.110. The van der Waals surface area contributed by atoms with Gasteiger partial charge in [0.2, 0.25) is 0 Å². The summed E-state index contributed by atoms with van der Waals surface area (Å²) >= 11 is 0. The highest BCUT2D eigenvalue weighted by Gasteiger charge is 2.12. The summed E-state index contributed by atoms with van der Waals surface area (Å²) < 4.78 is 15.0. The summed E-state index contributed by atoms with van der Waals surface area (Å²) in [6.45, 7) is 2.47. The first kappa shape index (κ1) is 41.1. The topological polar surface area (TPSA) is 66.8 Å². The van der Waals surface area contributed by atoms with Crippen LogP contribution < -0.4 is 0 Å². The normalized spacial score (nSPS) is 12.0. The smallest absolute Gasteiger partial charge is 0.303 e. The van der Waals surface area contributed by atoms with E-state index in [0.717, 1.165) is 19.3 Å². The highest BCUT2D eigenvalue weighted by molar-refractivity contribution is 7.46. The largest absolute Gasteiger partial charge is 0.469 e. The second kappa shape index (κ2) is 34.6. The average Bonchev–Trinajstić information content (AvgIpc) is 2.94. The Labute approximate surface area is 258 Å². The van der Waals surface area contributed by atoms with Gasteiger partial charge in [-0.3, -0.25) is 4.52 Å². The molecule has 0 aliphatic rings. The van der Waals surface area contributed by atoms with Crippen molar-refractivity contribution in [3.05, 3.63) is 0 Å². The maximum Gasteiger partial charge on any atom is 0.469 e. The van der Waals surface area contributed by atoms with Gasteiger partial charge in [0.1, 0.15) is 0 Å². The molecule has 0 fully saturated rings. The lowest BCUT2D eigenvalue weighted by molar-refractivity contribution is 0.193. The molecule has 5 heteroatoms. The third kappa shape index (κ3) is 40.1. The van der Waals surface area contributed by atoms with E-state index in [1.54, 1.807) is 0 Å². The molecule has 4 nitrogen and oxygen atoms in total. The highest BCUT2D eigenvalue weighted by Crippen LogP contribution is 2.35. The van der Waals surface area contributed by atoms with Crippen molar-refractivity contribution in [2.24, 2.45) is 0 Å².